The van der Waals surface area contributed by atoms with Crippen molar-refractivity contribution in [2.24, 2.45) is 0 Å². The maximum atomic E-state index is 12.6. The van der Waals surface area contributed by atoms with E-state index in [-0.39, 0.29) is 18.4 Å². The molecule has 0 unspecified atom stereocenters. The van der Waals surface area contributed by atoms with Crippen molar-refractivity contribution < 1.29 is 19.2 Å². The Morgan fingerprint density at radius 3 is 2.59 bits per heavy atom. The summed E-state index contributed by atoms with van der Waals surface area (Å²) < 4.78 is 5.65. The van der Waals surface area contributed by atoms with Crippen LogP contribution in [0.4, 0.5) is 0 Å². The summed E-state index contributed by atoms with van der Waals surface area (Å²) >= 11 is 1.53. The van der Waals surface area contributed by atoms with E-state index >= 15 is 0 Å². The molecule has 144 valence electrons. The Morgan fingerprint density at radius 1 is 1.26 bits per heavy atom. The van der Waals surface area contributed by atoms with Crippen molar-refractivity contribution in [1.29, 1.82) is 0 Å². The second-order valence-corrected chi connectivity index (χ2v) is 7.51. The third kappa shape index (κ3) is 5.27. The number of carbonyl (C=O) groups excluding carboxylic acids is 2. The molecule has 1 aromatic carbocycles. The molecule has 27 heavy (non-hydrogen) atoms. The lowest BCUT2D eigenvalue weighted by molar-refractivity contribution is -0.883. The van der Waals surface area contributed by atoms with Crippen LogP contribution in [0.2, 0.25) is 0 Å². The van der Waals surface area contributed by atoms with Crippen molar-refractivity contribution >= 4 is 23.2 Å². The number of amides is 2. The number of aromatic nitrogens is 1. The van der Waals surface area contributed by atoms with Crippen LogP contribution in [0.25, 0.3) is 0 Å². The number of hydrogen-bond donors (Lipinski definition) is 1. The fraction of sp³-hybridized carbons (Fsp3) is 0.421. The zero-order valence-corrected chi connectivity index (χ0v) is 16.5. The van der Waals surface area contributed by atoms with Gasteiger partial charge in [-0.05, 0) is 24.3 Å². The van der Waals surface area contributed by atoms with Crippen LogP contribution in [0.5, 0.6) is 5.75 Å². The zero-order valence-electron chi connectivity index (χ0n) is 15.7. The Kier molecular flexibility index (Phi) is 6.41. The monoisotopic (exact) mass is 389 g/mol. The predicted molar refractivity (Wildman–Crippen MR) is 103 cm³/mol. The summed E-state index contributed by atoms with van der Waals surface area (Å²) in [6.45, 7) is 3.89. The van der Waals surface area contributed by atoms with Crippen LogP contribution >= 0.6 is 11.3 Å². The van der Waals surface area contributed by atoms with Crippen LogP contribution in [0.15, 0.2) is 35.2 Å². The number of carbonyl (C=O) groups is 2. The largest absolute Gasteiger partial charge is 0.487 e. The molecule has 1 aliphatic heterocycles. The van der Waals surface area contributed by atoms with E-state index < -0.39 is 0 Å². The average Bonchev–Trinajstić information content (AvgIpc) is 3.20. The maximum Gasteiger partial charge on any atom is 0.254 e. The van der Waals surface area contributed by atoms with E-state index in [1.54, 1.807) is 36.8 Å². The van der Waals surface area contributed by atoms with E-state index in [0.717, 1.165) is 31.9 Å². The number of rotatable bonds is 6. The Labute approximate surface area is 163 Å². The first kappa shape index (κ1) is 19.3. The molecule has 1 aromatic heterocycles. The number of thiazole rings is 1. The summed E-state index contributed by atoms with van der Waals surface area (Å²) in [5.41, 5.74) is 3.18. The molecule has 2 aromatic rings. The summed E-state index contributed by atoms with van der Waals surface area (Å²) in [5, 5.41) is 1.94. The van der Waals surface area contributed by atoms with Gasteiger partial charge in [-0.3, -0.25) is 9.59 Å². The summed E-state index contributed by atoms with van der Waals surface area (Å²) in [5.74, 6) is 0.508. The minimum atomic E-state index is -0.172. The molecular formula is C19H25N4O3S+. The quantitative estimate of drug-likeness (QED) is 0.764. The lowest BCUT2D eigenvalue weighted by Crippen LogP contribution is -3.12. The number of hydrogen-bond acceptors (Lipinski definition) is 5. The van der Waals surface area contributed by atoms with Crippen molar-refractivity contribution in [2.75, 3.05) is 46.8 Å². The molecule has 0 aliphatic carbocycles. The molecule has 1 saturated heterocycles. The van der Waals surface area contributed by atoms with Gasteiger partial charge in [-0.2, -0.15) is 0 Å². The minimum Gasteiger partial charge on any atom is -0.487 e. The lowest BCUT2D eigenvalue weighted by Gasteiger charge is -2.31. The van der Waals surface area contributed by atoms with Crippen LogP contribution in [0.1, 0.15) is 16.1 Å². The van der Waals surface area contributed by atoms with Gasteiger partial charge in [0, 0.05) is 18.0 Å². The number of nitrogens with one attached hydrogen (secondary N) is 1. The first-order valence-electron chi connectivity index (χ1n) is 8.97. The first-order chi connectivity index (χ1) is 13.0. The van der Waals surface area contributed by atoms with Crippen molar-refractivity contribution in [2.45, 2.75) is 6.61 Å². The molecule has 0 saturated carbocycles. The molecule has 0 radical (unpaired) electrons. The van der Waals surface area contributed by atoms with Crippen LogP contribution < -0.4 is 9.64 Å². The van der Waals surface area contributed by atoms with E-state index in [0.29, 0.717) is 17.9 Å². The summed E-state index contributed by atoms with van der Waals surface area (Å²) in [6.07, 6.45) is 0. The van der Waals surface area contributed by atoms with Crippen LogP contribution in [-0.4, -0.2) is 73.4 Å². The van der Waals surface area contributed by atoms with E-state index in [1.165, 1.54) is 21.1 Å². The number of ether oxygens (including phenoxy) is 1. The van der Waals surface area contributed by atoms with Crippen LogP contribution in [0, 0.1) is 0 Å². The van der Waals surface area contributed by atoms with Gasteiger partial charge >= 0.3 is 0 Å². The van der Waals surface area contributed by atoms with Gasteiger partial charge < -0.3 is 19.4 Å². The van der Waals surface area contributed by atoms with Gasteiger partial charge in [0.2, 0.25) is 5.91 Å². The molecule has 1 fully saturated rings. The number of nitrogens with zero attached hydrogens (tertiary/aromatic N) is 3. The lowest BCUT2D eigenvalue weighted by atomic mass is 10.2. The Hall–Kier alpha value is -2.45. The summed E-state index contributed by atoms with van der Waals surface area (Å²) in [7, 11) is 3.79. The van der Waals surface area contributed by atoms with Gasteiger partial charge in [0.05, 0.1) is 51.0 Å². The molecule has 3 rings (SSSR count). The normalized spacial score (nSPS) is 14.8. The highest BCUT2D eigenvalue weighted by molar-refractivity contribution is 7.07. The highest BCUT2D eigenvalue weighted by atomic mass is 32.1. The molecule has 0 spiro atoms. The highest BCUT2D eigenvalue weighted by Crippen LogP contribution is 2.15. The van der Waals surface area contributed by atoms with Gasteiger partial charge in [0.1, 0.15) is 12.4 Å². The molecule has 8 heteroatoms. The van der Waals surface area contributed by atoms with E-state index in [4.69, 9.17) is 4.74 Å². The van der Waals surface area contributed by atoms with Crippen LogP contribution in [-0.2, 0) is 11.4 Å². The first-order valence-corrected chi connectivity index (χ1v) is 9.91. The smallest absolute Gasteiger partial charge is 0.254 e. The van der Waals surface area contributed by atoms with Gasteiger partial charge in [-0.25, -0.2) is 4.98 Å². The van der Waals surface area contributed by atoms with E-state index in [2.05, 4.69) is 12.0 Å². The summed E-state index contributed by atoms with van der Waals surface area (Å²) in [6, 6.07) is 6.97. The zero-order chi connectivity index (χ0) is 19.2. The molecule has 1 aliphatic rings. The van der Waals surface area contributed by atoms with E-state index in [1.807, 2.05) is 10.3 Å². The topological polar surface area (TPSA) is 67.2 Å². The predicted octanol–water partition coefficient (Wildman–Crippen LogP) is 0.151. The maximum absolute atomic E-state index is 12.6. The standard InChI is InChI=1S/C19H24N4O3S/c1-21-7-9-23(10-8-21)18(24)11-22(2)19(25)15-3-5-17(6-4-15)26-12-16-13-27-14-20-16/h3-6,13-14H,7-12H2,1-2H3/p+1. The molecular weight excluding hydrogens is 364 g/mol. The number of benzene rings is 1. The van der Waals surface area contributed by atoms with Crippen molar-refractivity contribution in [3.8, 4) is 5.75 Å². The molecule has 2 heterocycles. The van der Waals surface area contributed by atoms with Gasteiger partial charge in [0.15, 0.2) is 0 Å². The Bertz CT molecular complexity index is 756. The molecule has 0 bridgehead atoms. The van der Waals surface area contributed by atoms with Crippen molar-refractivity contribution in [3.63, 3.8) is 0 Å². The highest BCUT2D eigenvalue weighted by Gasteiger charge is 2.23. The SMILES string of the molecule is CN(CC(=O)N1CC[NH+](C)CC1)C(=O)c1ccc(OCc2cscn2)cc1. The van der Waals surface area contributed by atoms with Crippen molar-refractivity contribution in [3.05, 3.63) is 46.4 Å². The number of quaternary nitrogens is 1. The molecule has 1 N–H and O–H groups in total. The number of likely N-dealkylation sites (N-methyl/N-ethyl adjacent to an activating group) is 2. The fourth-order valence-corrected chi connectivity index (χ4v) is 3.44. The average molecular weight is 390 g/mol. The molecule has 0 atom stereocenters. The van der Waals surface area contributed by atoms with Gasteiger partial charge in [-0.1, -0.05) is 0 Å². The van der Waals surface area contributed by atoms with E-state index in [9.17, 15) is 9.59 Å². The third-order valence-corrected chi connectivity index (χ3v) is 5.30. The minimum absolute atomic E-state index is 0.00145. The van der Waals surface area contributed by atoms with Gasteiger partial charge in [-0.15, -0.1) is 11.3 Å². The van der Waals surface area contributed by atoms with Gasteiger partial charge in [0.25, 0.3) is 5.91 Å². The second kappa shape index (κ2) is 8.96. The molecule has 7 nitrogen and oxygen atoms in total. The van der Waals surface area contributed by atoms with Crippen LogP contribution in [0.3, 0.4) is 0 Å². The Morgan fingerprint density at radius 2 is 1.96 bits per heavy atom. The second-order valence-electron chi connectivity index (χ2n) is 6.79. The van der Waals surface area contributed by atoms with Crippen molar-refractivity contribution in [1.82, 2.24) is 14.8 Å². The number of piperazine rings is 1. The summed E-state index contributed by atoms with van der Waals surface area (Å²) in [4.78, 5) is 33.9. The molecule has 2 amide bonds. The third-order valence-electron chi connectivity index (χ3n) is 4.66. The fourth-order valence-electron chi connectivity index (χ4n) is 2.89. The Balaban J connectivity index is 1.51.